The molecule has 1 aliphatic heterocycles. The van der Waals surface area contributed by atoms with Crippen LogP contribution >= 0.6 is 0 Å². The number of rotatable bonds is 5. The normalized spacial score (nSPS) is 18.6. The van der Waals surface area contributed by atoms with Crippen LogP contribution < -0.4 is 11.1 Å². The number of likely N-dealkylation sites (tertiary alicyclic amines) is 1. The van der Waals surface area contributed by atoms with Gasteiger partial charge in [-0.1, -0.05) is 0 Å². The number of aryl methyl sites for hydroxylation is 2. The van der Waals surface area contributed by atoms with Crippen LogP contribution in [-0.4, -0.2) is 71.9 Å². The molecule has 3 N–H and O–H groups in total. The molecule has 0 spiro atoms. The van der Waals surface area contributed by atoms with E-state index < -0.39 is 18.9 Å². The van der Waals surface area contributed by atoms with Crippen LogP contribution in [0.1, 0.15) is 19.2 Å². The quantitative estimate of drug-likeness (QED) is 0.461. The number of nitrogens with one attached hydrogen (secondary N) is 1. The van der Waals surface area contributed by atoms with Gasteiger partial charge in [0.15, 0.2) is 11.5 Å². The van der Waals surface area contributed by atoms with Crippen LogP contribution in [0.4, 0.5) is 20.5 Å². The number of hydrogen-bond donors (Lipinski definition) is 2. The summed E-state index contributed by atoms with van der Waals surface area (Å²) in [4.78, 5) is 26.5. The number of nitrogen functional groups attached to an aromatic ring is 1. The molecule has 4 aromatic rings. The number of carbonyl (C=O) groups excluding carboxylic acids is 1. The van der Waals surface area contributed by atoms with Crippen molar-refractivity contribution < 1.29 is 13.6 Å². The first-order chi connectivity index (χ1) is 16.4. The fourth-order valence-corrected chi connectivity index (χ4v) is 4.46. The van der Waals surface area contributed by atoms with E-state index in [1.165, 1.54) is 11.8 Å². The SMILES string of the molecule is CC(=O)N1CC[C@H](Nc2nc(N)c3c(-c4ccc5nc(C)n(CCF)c5n4)ccn3n2)[C@H](F)C1. The maximum atomic E-state index is 14.6. The molecule has 5 heterocycles. The maximum Gasteiger partial charge on any atom is 0.243 e. The molecule has 5 rings (SSSR count). The zero-order chi connectivity index (χ0) is 24.0. The van der Waals surface area contributed by atoms with Gasteiger partial charge in [0.2, 0.25) is 11.9 Å². The number of imidazole rings is 1. The first-order valence-electron chi connectivity index (χ1n) is 11.1. The lowest BCUT2D eigenvalue weighted by atomic mass is 10.0. The minimum absolute atomic E-state index is 0.0327. The summed E-state index contributed by atoms with van der Waals surface area (Å²) in [5.41, 5.74) is 9.47. The second kappa shape index (κ2) is 8.50. The van der Waals surface area contributed by atoms with Gasteiger partial charge < -0.3 is 20.5 Å². The smallest absolute Gasteiger partial charge is 0.243 e. The van der Waals surface area contributed by atoms with Crippen LogP contribution in [-0.2, 0) is 11.3 Å². The highest BCUT2D eigenvalue weighted by atomic mass is 19.1. The van der Waals surface area contributed by atoms with E-state index in [4.69, 9.17) is 10.7 Å². The van der Waals surface area contributed by atoms with Crippen molar-refractivity contribution in [3.8, 4) is 11.3 Å². The highest BCUT2D eigenvalue weighted by Gasteiger charge is 2.31. The van der Waals surface area contributed by atoms with Gasteiger partial charge >= 0.3 is 0 Å². The Morgan fingerprint density at radius 3 is 2.82 bits per heavy atom. The molecule has 2 atom stereocenters. The Morgan fingerprint density at radius 2 is 2.09 bits per heavy atom. The van der Waals surface area contributed by atoms with Gasteiger partial charge in [-0.3, -0.25) is 4.79 Å². The van der Waals surface area contributed by atoms with Crippen LogP contribution in [0.25, 0.3) is 27.9 Å². The summed E-state index contributed by atoms with van der Waals surface area (Å²) in [7, 11) is 0. The van der Waals surface area contributed by atoms with Crippen LogP contribution in [0.2, 0.25) is 0 Å². The number of aromatic nitrogens is 6. The molecule has 1 saturated heterocycles. The minimum Gasteiger partial charge on any atom is -0.382 e. The standard InChI is InChI=1S/C22H25F2N9O/c1-12-26-18-4-3-16(27-21(18)32(12)10-7-23)14-5-9-33-19(14)20(25)29-22(30-33)28-17-6-8-31(13(2)34)11-15(17)24/h3-5,9,15,17H,6-8,10-11H2,1-2H3,(H3,25,28,29,30)/t15-,17+/m1/s1. The summed E-state index contributed by atoms with van der Waals surface area (Å²) < 4.78 is 31.0. The molecular formula is C22H25F2N9O. The maximum absolute atomic E-state index is 14.6. The Kier molecular flexibility index (Phi) is 5.50. The van der Waals surface area contributed by atoms with E-state index in [0.29, 0.717) is 41.2 Å². The molecule has 34 heavy (non-hydrogen) atoms. The van der Waals surface area contributed by atoms with Gasteiger partial charge in [-0.05, 0) is 31.5 Å². The van der Waals surface area contributed by atoms with Crippen LogP contribution in [0, 0.1) is 6.92 Å². The van der Waals surface area contributed by atoms with Crippen LogP contribution in [0.15, 0.2) is 24.4 Å². The minimum atomic E-state index is -1.24. The number of pyridine rings is 1. The highest BCUT2D eigenvalue weighted by Crippen LogP contribution is 2.29. The zero-order valence-electron chi connectivity index (χ0n) is 18.9. The monoisotopic (exact) mass is 469 g/mol. The Balaban J connectivity index is 1.45. The molecule has 0 saturated carbocycles. The molecule has 10 nitrogen and oxygen atoms in total. The van der Waals surface area contributed by atoms with Gasteiger partial charge in [0.05, 0.1) is 24.8 Å². The summed E-state index contributed by atoms with van der Waals surface area (Å²) in [6.45, 7) is 3.41. The van der Waals surface area contributed by atoms with Gasteiger partial charge in [0, 0.05) is 25.2 Å². The number of anilines is 2. The number of nitrogens with zero attached hydrogens (tertiary/aromatic N) is 7. The number of alkyl halides is 2. The second-order valence-corrected chi connectivity index (χ2v) is 8.40. The second-order valence-electron chi connectivity index (χ2n) is 8.40. The van der Waals surface area contributed by atoms with E-state index in [-0.39, 0.29) is 30.8 Å². The van der Waals surface area contributed by atoms with E-state index in [2.05, 4.69) is 20.4 Å². The molecule has 1 amide bonds. The predicted molar refractivity (Wildman–Crippen MR) is 124 cm³/mol. The zero-order valence-corrected chi connectivity index (χ0v) is 18.9. The largest absolute Gasteiger partial charge is 0.382 e. The topological polar surface area (TPSA) is 119 Å². The number of fused-ring (bicyclic) bond motifs is 2. The van der Waals surface area contributed by atoms with Gasteiger partial charge in [-0.15, -0.1) is 5.10 Å². The third-order valence-electron chi connectivity index (χ3n) is 6.21. The lowest BCUT2D eigenvalue weighted by Crippen LogP contribution is -2.49. The number of halogens is 2. The summed E-state index contributed by atoms with van der Waals surface area (Å²) >= 11 is 0. The van der Waals surface area contributed by atoms with Crippen LogP contribution in [0.3, 0.4) is 0 Å². The lowest BCUT2D eigenvalue weighted by molar-refractivity contribution is -0.131. The number of nitrogens with two attached hydrogens (primary N) is 1. The summed E-state index contributed by atoms with van der Waals surface area (Å²) in [6.07, 6.45) is 0.927. The van der Waals surface area contributed by atoms with Crippen molar-refractivity contribution in [2.24, 2.45) is 0 Å². The van der Waals surface area contributed by atoms with Gasteiger partial charge in [-0.2, -0.15) is 4.98 Å². The van der Waals surface area contributed by atoms with Crippen molar-refractivity contribution >= 4 is 34.4 Å². The Bertz CT molecular complexity index is 1380. The molecule has 0 unspecified atom stereocenters. The van der Waals surface area contributed by atoms with E-state index in [0.717, 1.165) is 5.56 Å². The van der Waals surface area contributed by atoms with Gasteiger partial charge in [0.25, 0.3) is 0 Å². The number of piperidine rings is 1. The van der Waals surface area contributed by atoms with Crippen molar-refractivity contribution in [1.29, 1.82) is 0 Å². The first-order valence-corrected chi connectivity index (χ1v) is 11.1. The fourth-order valence-electron chi connectivity index (χ4n) is 4.46. The van der Waals surface area contributed by atoms with Crippen molar-refractivity contribution in [3.63, 3.8) is 0 Å². The van der Waals surface area contributed by atoms with E-state index in [1.54, 1.807) is 15.3 Å². The average Bonchev–Trinajstić information content (AvgIpc) is 3.36. The summed E-state index contributed by atoms with van der Waals surface area (Å²) in [6, 6.07) is 4.96. The third kappa shape index (κ3) is 3.78. The molecule has 12 heteroatoms. The fraction of sp³-hybridized carbons (Fsp3) is 0.409. The summed E-state index contributed by atoms with van der Waals surface area (Å²) in [5.74, 6) is 0.969. The average molecular weight is 470 g/mol. The number of carbonyl (C=O) groups is 1. The van der Waals surface area contributed by atoms with Gasteiger partial charge in [-0.25, -0.2) is 23.3 Å². The van der Waals surface area contributed by atoms with Gasteiger partial charge in [0.1, 0.15) is 29.7 Å². The van der Waals surface area contributed by atoms with Crippen molar-refractivity contribution in [1.82, 2.24) is 34.0 Å². The molecule has 4 aromatic heterocycles. The molecule has 178 valence electrons. The predicted octanol–water partition coefficient (Wildman–Crippen LogP) is 2.37. The molecule has 1 aliphatic rings. The molecular weight excluding hydrogens is 444 g/mol. The van der Waals surface area contributed by atoms with Crippen molar-refractivity contribution in [2.45, 2.75) is 39.0 Å². The van der Waals surface area contributed by atoms with E-state index in [1.807, 2.05) is 25.1 Å². The van der Waals surface area contributed by atoms with Crippen molar-refractivity contribution in [2.75, 3.05) is 30.8 Å². The molecule has 0 bridgehead atoms. The Hall–Kier alpha value is -3.83. The first kappa shape index (κ1) is 22.0. The number of amides is 1. The Labute approximate surface area is 193 Å². The molecule has 0 aromatic carbocycles. The number of hydrogen-bond acceptors (Lipinski definition) is 7. The molecule has 0 aliphatic carbocycles. The van der Waals surface area contributed by atoms with E-state index >= 15 is 0 Å². The molecule has 0 radical (unpaired) electrons. The Morgan fingerprint density at radius 1 is 1.26 bits per heavy atom. The van der Waals surface area contributed by atoms with Crippen molar-refractivity contribution in [3.05, 3.63) is 30.2 Å². The summed E-state index contributed by atoms with van der Waals surface area (Å²) in [5, 5.41) is 7.47. The lowest BCUT2D eigenvalue weighted by Gasteiger charge is -2.34. The molecule has 1 fully saturated rings. The third-order valence-corrected chi connectivity index (χ3v) is 6.21. The highest BCUT2D eigenvalue weighted by molar-refractivity contribution is 5.88. The van der Waals surface area contributed by atoms with Crippen LogP contribution in [0.5, 0.6) is 0 Å². The van der Waals surface area contributed by atoms with E-state index in [9.17, 15) is 13.6 Å².